The lowest BCUT2D eigenvalue weighted by Gasteiger charge is -2.12. The second-order valence-electron chi connectivity index (χ2n) is 3.05. The highest BCUT2D eigenvalue weighted by Gasteiger charge is 2.18. The van der Waals surface area contributed by atoms with Gasteiger partial charge in [0.1, 0.15) is 6.02 Å². The molecular weight excluding hydrogens is 194 g/mol. The number of carboxylic acid groups (broad SMARTS) is 1. The highest BCUT2D eigenvalue weighted by atomic mass is 16.4. The van der Waals surface area contributed by atoms with Crippen LogP contribution in [-0.4, -0.2) is 23.0 Å². The predicted molar refractivity (Wildman–Crippen MR) is 55.4 cm³/mol. The Morgan fingerprint density at radius 3 is 2.60 bits per heavy atom. The Hall–Kier alpha value is -1.84. The van der Waals surface area contributed by atoms with Gasteiger partial charge in [-0.3, -0.25) is 4.79 Å². The lowest BCUT2D eigenvalue weighted by Crippen LogP contribution is -2.41. The van der Waals surface area contributed by atoms with Gasteiger partial charge in [0.15, 0.2) is 1.41 Å². The lowest BCUT2D eigenvalue weighted by atomic mass is 10.1. The van der Waals surface area contributed by atoms with Crippen molar-refractivity contribution in [3.05, 3.63) is 35.9 Å². The van der Waals surface area contributed by atoms with Gasteiger partial charge in [-0.2, -0.15) is 0 Å². The van der Waals surface area contributed by atoms with Crippen LogP contribution < -0.4 is 5.31 Å². The lowest BCUT2D eigenvalue weighted by molar-refractivity contribution is -0.141. The molecule has 0 aliphatic carbocycles. The summed E-state index contributed by atoms with van der Waals surface area (Å²) in [6.07, 6.45) is -0.230. The summed E-state index contributed by atoms with van der Waals surface area (Å²) in [5.41, 5.74) is 0.586. The molecule has 0 spiro atoms. The van der Waals surface area contributed by atoms with Crippen LogP contribution in [0.15, 0.2) is 30.3 Å². The maximum Gasteiger partial charge on any atom is 0.326 e. The average Bonchev–Trinajstić information content (AvgIpc) is 2.28. The van der Waals surface area contributed by atoms with Gasteiger partial charge in [0, 0.05) is 13.3 Å². The summed E-state index contributed by atoms with van der Waals surface area (Å²) >= 11 is 0. The summed E-state index contributed by atoms with van der Waals surface area (Å²) in [6.45, 7) is 1.06. The van der Waals surface area contributed by atoms with Gasteiger partial charge >= 0.3 is 5.97 Å². The molecule has 0 heterocycles. The SMILES string of the molecule is [2H]N(C(C)=O)[C@]([2H])(Cc1ccccc1)C(=O)O. The number of carbonyl (C=O) groups excluding carboxylic acids is 1. The van der Waals surface area contributed by atoms with E-state index in [9.17, 15) is 9.59 Å². The van der Waals surface area contributed by atoms with E-state index >= 15 is 0 Å². The van der Waals surface area contributed by atoms with Crippen molar-refractivity contribution in [3.8, 4) is 0 Å². The van der Waals surface area contributed by atoms with Crippen molar-refractivity contribution in [1.29, 1.82) is 0 Å². The van der Waals surface area contributed by atoms with Gasteiger partial charge in [-0.05, 0) is 5.56 Å². The fraction of sp³-hybridized carbons (Fsp3) is 0.273. The fourth-order valence-corrected chi connectivity index (χ4v) is 1.14. The van der Waals surface area contributed by atoms with E-state index in [1.54, 1.807) is 30.3 Å². The Morgan fingerprint density at radius 1 is 1.53 bits per heavy atom. The van der Waals surface area contributed by atoms with Gasteiger partial charge in [0.25, 0.3) is 0 Å². The zero-order valence-corrected chi connectivity index (χ0v) is 8.30. The third-order valence-electron chi connectivity index (χ3n) is 1.75. The number of aliphatic carboxylic acids is 1. The van der Waals surface area contributed by atoms with E-state index in [4.69, 9.17) is 7.89 Å². The molecule has 1 rings (SSSR count). The van der Waals surface area contributed by atoms with Crippen LogP contribution in [0.4, 0.5) is 0 Å². The summed E-state index contributed by atoms with van der Waals surface area (Å²) < 4.78 is 15.1. The van der Waals surface area contributed by atoms with Crippen LogP contribution in [0, 0.1) is 0 Å². The number of rotatable bonds is 4. The van der Waals surface area contributed by atoms with Gasteiger partial charge < -0.3 is 10.4 Å². The minimum atomic E-state index is -2.30. The summed E-state index contributed by atoms with van der Waals surface area (Å²) in [5, 5.41) is 9.19. The maximum atomic E-state index is 11.1. The van der Waals surface area contributed by atoms with E-state index in [0.717, 1.165) is 6.92 Å². The van der Waals surface area contributed by atoms with E-state index in [1.807, 2.05) is 0 Å². The summed E-state index contributed by atoms with van der Waals surface area (Å²) in [4.78, 5) is 22.1. The molecule has 0 unspecified atom stereocenters. The van der Waals surface area contributed by atoms with Crippen LogP contribution in [-0.2, 0) is 16.0 Å². The largest absolute Gasteiger partial charge is 0.480 e. The Labute approximate surface area is 90.8 Å². The molecule has 1 amide bonds. The van der Waals surface area contributed by atoms with Crippen molar-refractivity contribution in [3.63, 3.8) is 0 Å². The number of carboxylic acids is 1. The molecule has 80 valence electrons. The molecular formula is C11H13NO3. The molecule has 0 saturated carbocycles. The standard InChI is InChI=1S/C11H13NO3/c1-8(13)12-10(11(14)15)7-9-5-3-2-4-6-9/h2-6,10H,7H2,1H3,(H,12,13)(H,14,15)/t10-/m1/s1/i10D/hD. The third kappa shape index (κ3) is 3.81. The van der Waals surface area contributed by atoms with Crippen molar-refractivity contribution in [1.82, 2.24) is 5.31 Å². The van der Waals surface area contributed by atoms with E-state index < -0.39 is 17.9 Å². The van der Waals surface area contributed by atoms with Crippen molar-refractivity contribution >= 4 is 11.9 Å². The number of hydrogen-bond acceptors (Lipinski definition) is 2. The Morgan fingerprint density at radius 2 is 2.13 bits per heavy atom. The number of carbonyl (C=O) groups is 2. The molecule has 4 nitrogen and oxygen atoms in total. The van der Waals surface area contributed by atoms with Crippen molar-refractivity contribution in [2.45, 2.75) is 19.4 Å². The summed E-state index contributed by atoms with van der Waals surface area (Å²) in [6, 6.07) is 6.19. The van der Waals surface area contributed by atoms with Crippen LogP contribution >= 0.6 is 0 Å². The zero-order valence-electron chi connectivity index (χ0n) is 10.3. The van der Waals surface area contributed by atoms with Crippen LogP contribution in [0.1, 0.15) is 13.9 Å². The Bertz CT molecular complexity index is 424. The first kappa shape index (κ1) is 8.47. The van der Waals surface area contributed by atoms with E-state index in [0.29, 0.717) is 5.56 Å². The quantitative estimate of drug-likeness (QED) is 0.771. The van der Waals surface area contributed by atoms with Crippen molar-refractivity contribution in [2.24, 2.45) is 0 Å². The van der Waals surface area contributed by atoms with Gasteiger partial charge in [-0.15, -0.1) is 0 Å². The molecule has 2 N–H and O–H groups in total. The molecule has 0 aliphatic rings. The fourth-order valence-electron chi connectivity index (χ4n) is 1.14. The third-order valence-corrected chi connectivity index (χ3v) is 1.75. The monoisotopic (exact) mass is 209 g/mol. The second kappa shape index (κ2) is 5.14. The first-order valence-corrected chi connectivity index (χ1v) is 4.45. The molecule has 0 aromatic heterocycles. The van der Waals surface area contributed by atoms with E-state index in [-0.39, 0.29) is 11.7 Å². The van der Waals surface area contributed by atoms with Crippen LogP contribution in [0.25, 0.3) is 0 Å². The first-order valence-electron chi connectivity index (χ1n) is 5.39. The number of hydrogen-bond donors (Lipinski definition) is 2. The topological polar surface area (TPSA) is 66.4 Å². The molecule has 0 saturated heterocycles. The molecule has 1 aromatic rings. The molecule has 0 bridgehead atoms. The molecule has 1 aromatic carbocycles. The van der Waals surface area contributed by atoms with Gasteiger partial charge in [-0.1, -0.05) is 30.3 Å². The van der Waals surface area contributed by atoms with E-state index in [2.05, 4.69) is 0 Å². The van der Waals surface area contributed by atoms with E-state index in [1.165, 1.54) is 0 Å². The first-order chi connectivity index (χ1) is 7.88. The zero-order chi connectivity index (χ0) is 13.1. The molecule has 1 atom stereocenters. The van der Waals surface area contributed by atoms with Crippen LogP contribution in [0.2, 0.25) is 1.41 Å². The highest BCUT2D eigenvalue weighted by molar-refractivity contribution is 5.82. The summed E-state index contributed by atoms with van der Waals surface area (Å²) in [7, 11) is 0. The minimum absolute atomic E-state index is 0.183. The smallest absolute Gasteiger partial charge is 0.326 e. The second-order valence-corrected chi connectivity index (χ2v) is 3.05. The number of amides is 1. The van der Waals surface area contributed by atoms with Crippen LogP contribution in [0.3, 0.4) is 0 Å². The number of nitrogens with one attached hydrogen (secondary N) is 1. The predicted octanol–water partition coefficient (Wildman–Crippen LogP) is 0.818. The molecule has 0 fully saturated rings. The average molecular weight is 209 g/mol. The highest BCUT2D eigenvalue weighted by Crippen LogP contribution is 2.03. The molecule has 15 heavy (non-hydrogen) atoms. The molecule has 0 aliphatic heterocycles. The van der Waals surface area contributed by atoms with Crippen molar-refractivity contribution in [2.75, 3.05) is 0 Å². The van der Waals surface area contributed by atoms with Crippen LogP contribution in [0.5, 0.6) is 0 Å². The normalized spacial score (nSPS) is 15.8. The van der Waals surface area contributed by atoms with Crippen molar-refractivity contribution < 1.29 is 17.5 Å². The molecule has 4 heteroatoms. The minimum Gasteiger partial charge on any atom is -0.480 e. The maximum absolute atomic E-state index is 11.1. The number of benzene rings is 1. The summed E-state index contributed by atoms with van der Waals surface area (Å²) in [5.74, 6) is -2.30. The van der Waals surface area contributed by atoms with Gasteiger partial charge in [-0.25, -0.2) is 4.79 Å². The molecule has 0 radical (unpaired) electrons. The Kier molecular flexibility index (Phi) is 2.90. The van der Waals surface area contributed by atoms with Gasteiger partial charge in [0.2, 0.25) is 5.91 Å². The van der Waals surface area contributed by atoms with Gasteiger partial charge in [0.05, 0.1) is 1.37 Å². The Balaban J connectivity index is 3.02.